The van der Waals surface area contributed by atoms with Gasteiger partial charge in [0.05, 0.1) is 6.54 Å². The molecule has 7 nitrogen and oxygen atoms in total. The third-order valence-electron chi connectivity index (χ3n) is 3.01. The van der Waals surface area contributed by atoms with Gasteiger partial charge in [-0.3, -0.25) is 9.59 Å². The van der Waals surface area contributed by atoms with E-state index in [0.29, 0.717) is 19.4 Å². The van der Waals surface area contributed by atoms with Crippen molar-refractivity contribution in [1.82, 2.24) is 4.90 Å². The summed E-state index contributed by atoms with van der Waals surface area (Å²) in [4.78, 5) is 35.2. The number of hydrogen-bond donors (Lipinski definition) is 2. The van der Waals surface area contributed by atoms with Crippen molar-refractivity contribution in [3.05, 3.63) is 0 Å². The number of hydrogen-bond acceptors (Lipinski definition) is 4. The largest absolute Gasteiger partial charge is 0.479 e. The molecule has 0 aromatic carbocycles. The zero-order valence-corrected chi connectivity index (χ0v) is 11.0. The molecule has 0 aromatic rings. The Kier molecular flexibility index (Phi) is 5.75. The average Bonchev–Trinajstić information content (AvgIpc) is 2.82. The molecule has 0 unspecified atom stereocenters. The lowest BCUT2D eigenvalue weighted by atomic mass is 10.1. The molecule has 0 saturated carbocycles. The van der Waals surface area contributed by atoms with Crippen LogP contribution in [-0.2, 0) is 19.1 Å². The highest BCUT2D eigenvalue weighted by molar-refractivity contribution is 5.87. The van der Waals surface area contributed by atoms with Crippen LogP contribution in [0.4, 0.5) is 0 Å². The minimum Gasteiger partial charge on any atom is -0.479 e. The van der Waals surface area contributed by atoms with Gasteiger partial charge in [0, 0.05) is 6.54 Å². The highest BCUT2D eigenvalue weighted by Crippen LogP contribution is 2.21. The molecule has 0 bridgehead atoms. The molecule has 1 saturated heterocycles. The predicted molar refractivity (Wildman–Crippen MR) is 66.2 cm³/mol. The molecule has 19 heavy (non-hydrogen) atoms. The number of nitrogens with zero attached hydrogens (tertiary/aromatic N) is 1. The summed E-state index contributed by atoms with van der Waals surface area (Å²) in [6.07, 6.45) is 0.592. The maximum Gasteiger partial charge on any atom is 0.332 e. The van der Waals surface area contributed by atoms with Gasteiger partial charge in [-0.15, -0.1) is 0 Å². The van der Waals surface area contributed by atoms with E-state index in [1.54, 1.807) is 0 Å². The Morgan fingerprint density at radius 2 is 1.95 bits per heavy atom. The van der Waals surface area contributed by atoms with Gasteiger partial charge in [0.1, 0.15) is 6.10 Å². The van der Waals surface area contributed by atoms with Gasteiger partial charge >= 0.3 is 5.97 Å². The van der Waals surface area contributed by atoms with Gasteiger partial charge in [0.15, 0.2) is 6.10 Å². The first kappa shape index (κ1) is 15.4. The number of carbonyl (C=O) groups is 3. The highest BCUT2D eigenvalue weighted by Gasteiger charge is 2.36. The Hall–Kier alpha value is -1.63. The van der Waals surface area contributed by atoms with Crippen molar-refractivity contribution in [3.63, 3.8) is 0 Å². The summed E-state index contributed by atoms with van der Waals surface area (Å²) >= 11 is 0. The number of aliphatic carboxylic acids is 1. The van der Waals surface area contributed by atoms with E-state index in [4.69, 9.17) is 15.6 Å². The molecule has 0 aliphatic carbocycles. The van der Waals surface area contributed by atoms with E-state index < -0.39 is 24.1 Å². The molecule has 1 rings (SSSR count). The summed E-state index contributed by atoms with van der Waals surface area (Å²) in [5.74, 6) is -2.00. The number of ether oxygens (including phenoxy) is 1. The molecule has 1 fully saturated rings. The van der Waals surface area contributed by atoms with E-state index in [1.165, 1.54) is 4.90 Å². The number of amides is 2. The number of nitrogens with two attached hydrogens (primary N) is 1. The van der Waals surface area contributed by atoms with E-state index in [-0.39, 0.29) is 12.5 Å². The number of carboxylic acids is 1. The van der Waals surface area contributed by atoms with Crippen LogP contribution < -0.4 is 5.73 Å². The van der Waals surface area contributed by atoms with Crippen LogP contribution in [0.5, 0.6) is 0 Å². The van der Waals surface area contributed by atoms with E-state index in [1.807, 2.05) is 6.92 Å². The fourth-order valence-electron chi connectivity index (χ4n) is 2.01. The maximum absolute atomic E-state index is 12.2. The van der Waals surface area contributed by atoms with Gasteiger partial charge in [-0.2, -0.15) is 0 Å². The molecular weight excluding hydrogens is 252 g/mol. The van der Waals surface area contributed by atoms with Gasteiger partial charge in [0.25, 0.3) is 5.91 Å². The highest BCUT2D eigenvalue weighted by atomic mass is 16.5. The van der Waals surface area contributed by atoms with Crippen molar-refractivity contribution in [3.8, 4) is 0 Å². The minimum atomic E-state index is -1.06. The lowest BCUT2D eigenvalue weighted by molar-refractivity contribution is -0.155. The molecule has 1 heterocycles. The van der Waals surface area contributed by atoms with Crippen LogP contribution in [0.1, 0.15) is 32.6 Å². The van der Waals surface area contributed by atoms with Crippen molar-refractivity contribution in [1.29, 1.82) is 0 Å². The van der Waals surface area contributed by atoms with Crippen LogP contribution in [-0.4, -0.2) is 53.1 Å². The molecule has 2 atom stereocenters. The molecule has 1 aliphatic heterocycles. The summed E-state index contributed by atoms with van der Waals surface area (Å²) in [6, 6.07) is 0. The second-order valence-electron chi connectivity index (χ2n) is 4.61. The van der Waals surface area contributed by atoms with Gasteiger partial charge in [-0.25, -0.2) is 4.79 Å². The summed E-state index contributed by atoms with van der Waals surface area (Å²) < 4.78 is 5.18. The van der Waals surface area contributed by atoms with Crippen LogP contribution in [0, 0.1) is 0 Å². The molecular formula is C12H20N2O5. The molecule has 2 amide bonds. The topological polar surface area (TPSA) is 110 Å². The first-order valence-corrected chi connectivity index (χ1v) is 6.41. The molecule has 108 valence electrons. The van der Waals surface area contributed by atoms with E-state index >= 15 is 0 Å². The summed E-state index contributed by atoms with van der Waals surface area (Å²) in [7, 11) is 0. The van der Waals surface area contributed by atoms with Crippen molar-refractivity contribution in [2.75, 3.05) is 13.1 Å². The van der Waals surface area contributed by atoms with Crippen molar-refractivity contribution in [2.45, 2.75) is 44.8 Å². The van der Waals surface area contributed by atoms with Gasteiger partial charge in [-0.1, -0.05) is 13.3 Å². The first-order valence-electron chi connectivity index (χ1n) is 6.41. The first-order chi connectivity index (χ1) is 8.95. The van der Waals surface area contributed by atoms with Crippen LogP contribution in [0.25, 0.3) is 0 Å². The molecule has 3 N–H and O–H groups in total. The van der Waals surface area contributed by atoms with Crippen molar-refractivity contribution < 1.29 is 24.2 Å². The van der Waals surface area contributed by atoms with E-state index in [9.17, 15) is 14.4 Å². The van der Waals surface area contributed by atoms with Gasteiger partial charge < -0.3 is 20.5 Å². The Morgan fingerprint density at radius 3 is 2.42 bits per heavy atom. The Bertz CT molecular complexity index is 358. The number of rotatable bonds is 7. The number of primary amides is 1. The normalized spacial score (nSPS) is 22.2. The molecule has 7 heteroatoms. The number of carbonyl (C=O) groups excluding carboxylic acids is 2. The molecule has 1 aliphatic rings. The fourth-order valence-corrected chi connectivity index (χ4v) is 2.01. The van der Waals surface area contributed by atoms with Crippen LogP contribution >= 0.6 is 0 Å². The smallest absolute Gasteiger partial charge is 0.332 e. The second kappa shape index (κ2) is 7.08. The lowest BCUT2D eigenvalue weighted by Gasteiger charge is -2.24. The van der Waals surface area contributed by atoms with Crippen molar-refractivity contribution >= 4 is 17.8 Å². The predicted octanol–water partition coefficient (Wildman–Crippen LogP) is -0.267. The summed E-state index contributed by atoms with van der Waals surface area (Å²) in [5.41, 5.74) is 5.11. The van der Waals surface area contributed by atoms with Crippen LogP contribution in [0.2, 0.25) is 0 Å². The molecule has 0 aromatic heterocycles. The lowest BCUT2D eigenvalue weighted by Crippen LogP contribution is -2.44. The summed E-state index contributed by atoms with van der Waals surface area (Å²) in [6.45, 7) is 2.24. The van der Waals surface area contributed by atoms with Crippen LogP contribution in [0.15, 0.2) is 0 Å². The third kappa shape index (κ3) is 4.51. The average molecular weight is 272 g/mol. The van der Waals surface area contributed by atoms with E-state index in [2.05, 4.69) is 0 Å². The molecule has 0 radical (unpaired) electrons. The Morgan fingerprint density at radius 1 is 1.32 bits per heavy atom. The zero-order valence-electron chi connectivity index (χ0n) is 11.0. The maximum atomic E-state index is 12.2. The summed E-state index contributed by atoms with van der Waals surface area (Å²) in [5, 5.41) is 8.81. The van der Waals surface area contributed by atoms with Gasteiger partial charge in [0.2, 0.25) is 5.91 Å². The second-order valence-corrected chi connectivity index (χ2v) is 4.61. The zero-order chi connectivity index (χ0) is 14.4. The Balaban J connectivity index is 2.60. The fraction of sp³-hybridized carbons (Fsp3) is 0.750. The third-order valence-corrected chi connectivity index (χ3v) is 3.01. The van der Waals surface area contributed by atoms with Crippen LogP contribution in [0.3, 0.4) is 0 Å². The SMILES string of the molecule is CCCCN(CC(N)=O)C(=O)[C@@H]1CC[C@H](C(=O)O)O1. The number of unbranched alkanes of at least 4 members (excludes halogenated alkanes) is 1. The van der Waals surface area contributed by atoms with Crippen molar-refractivity contribution in [2.24, 2.45) is 5.73 Å². The number of carboxylic acid groups (broad SMARTS) is 1. The minimum absolute atomic E-state index is 0.156. The standard InChI is InChI=1S/C12H20N2O5/c1-2-3-6-14(7-10(13)15)11(16)8-4-5-9(19-8)12(17)18/h8-9H,2-7H2,1H3,(H2,13,15)(H,17,18)/t8-,9+/m0/s1. The molecule has 0 spiro atoms. The monoisotopic (exact) mass is 272 g/mol. The quantitative estimate of drug-likeness (QED) is 0.663. The van der Waals surface area contributed by atoms with E-state index in [0.717, 1.165) is 12.8 Å². The van der Waals surface area contributed by atoms with Gasteiger partial charge in [-0.05, 0) is 19.3 Å². The Labute approximate surface area is 111 Å².